The number of hydrogen-bond donors (Lipinski definition) is 0. The highest BCUT2D eigenvalue weighted by Gasteiger charge is 2.26. The Morgan fingerprint density at radius 3 is 2.62 bits per heavy atom. The van der Waals surface area contributed by atoms with Crippen LogP contribution in [0, 0.1) is 0 Å². The third-order valence-corrected chi connectivity index (χ3v) is 3.00. The van der Waals surface area contributed by atoms with Crippen LogP contribution in [0.4, 0.5) is 0 Å². The largest absolute Gasteiger partial charge is 0.460 e. The molecule has 1 aromatic carbocycles. The van der Waals surface area contributed by atoms with Gasteiger partial charge in [-0.15, -0.1) is 0 Å². The fourth-order valence-electron chi connectivity index (χ4n) is 1.73. The maximum atomic E-state index is 11.7. The summed E-state index contributed by atoms with van der Waals surface area (Å²) in [5, 5.41) is 0. The van der Waals surface area contributed by atoms with E-state index in [9.17, 15) is 4.79 Å². The number of carbonyl (C=O) groups excluding carboxylic acids is 1. The predicted octanol–water partition coefficient (Wildman–Crippen LogP) is 1.82. The first-order chi connectivity index (χ1) is 7.77. The van der Waals surface area contributed by atoms with E-state index < -0.39 is 0 Å². The zero-order chi connectivity index (χ0) is 11.4. The summed E-state index contributed by atoms with van der Waals surface area (Å²) in [4.78, 5) is 13.8. The Kier molecular flexibility index (Phi) is 3.57. The number of ether oxygens (including phenoxy) is 1. The molecule has 0 unspecified atom stereocenters. The summed E-state index contributed by atoms with van der Waals surface area (Å²) >= 11 is 0. The lowest BCUT2D eigenvalue weighted by atomic mass is 10.1. The summed E-state index contributed by atoms with van der Waals surface area (Å²) in [5.41, 5.74) is 1.03. The van der Waals surface area contributed by atoms with Gasteiger partial charge in [-0.2, -0.15) is 0 Å². The second kappa shape index (κ2) is 5.12. The number of benzene rings is 1. The fraction of sp³-hybridized carbons (Fsp3) is 0.462. The molecule has 0 spiro atoms. The lowest BCUT2D eigenvalue weighted by Gasteiger charge is -2.34. The SMILES string of the molecule is C[C@@H](C(=O)OCc1ccccc1)N1CCC1. The van der Waals surface area contributed by atoms with Gasteiger partial charge in [0.1, 0.15) is 12.6 Å². The molecule has 1 heterocycles. The molecular weight excluding hydrogens is 202 g/mol. The second-order valence-electron chi connectivity index (χ2n) is 4.16. The summed E-state index contributed by atoms with van der Waals surface area (Å²) in [6, 6.07) is 9.67. The summed E-state index contributed by atoms with van der Waals surface area (Å²) in [6.07, 6.45) is 1.19. The molecule has 1 saturated heterocycles. The molecule has 0 amide bonds. The van der Waals surface area contributed by atoms with Crippen LogP contribution in [-0.4, -0.2) is 30.0 Å². The molecular formula is C13H17NO2. The molecule has 3 nitrogen and oxygen atoms in total. The monoisotopic (exact) mass is 219 g/mol. The minimum atomic E-state index is -0.122. The molecule has 0 radical (unpaired) electrons. The summed E-state index contributed by atoms with van der Waals surface area (Å²) in [5.74, 6) is -0.122. The number of hydrogen-bond acceptors (Lipinski definition) is 3. The molecule has 1 atom stereocenters. The van der Waals surface area contributed by atoms with E-state index in [-0.39, 0.29) is 12.0 Å². The van der Waals surface area contributed by atoms with Gasteiger partial charge >= 0.3 is 5.97 Å². The Balaban J connectivity index is 1.79. The van der Waals surface area contributed by atoms with Crippen molar-refractivity contribution in [2.75, 3.05) is 13.1 Å². The third kappa shape index (κ3) is 2.61. The summed E-state index contributed by atoms with van der Waals surface area (Å²) in [6.45, 7) is 4.31. The van der Waals surface area contributed by atoms with Gasteiger partial charge in [0.05, 0.1) is 0 Å². The molecule has 0 N–H and O–H groups in total. The Morgan fingerprint density at radius 1 is 1.38 bits per heavy atom. The number of nitrogens with zero attached hydrogens (tertiary/aromatic N) is 1. The molecule has 0 saturated carbocycles. The highest BCUT2D eigenvalue weighted by Crippen LogP contribution is 2.12. The van der Waals surface area contributed by atoms with Gasteiger partial charge < -0.3 is 4.74 Å². The van der Waals surface area contributed by atoms with Crippen molar-refractivity contribution in [2.24, 2.45) is 0 Å². The van der Waals surface area contributed by atoms with E-state index in [0.717, 1.165) is 18.7 Å². The minimum absolute atomic E-state index is 0.0996. The van der Waals surface area contributed by atoms with Crippen LogP contribution in [-0.2, 0) is 16.1 Å². The van der Waals surface area contributed by atoms with E-state index >= 15 is 0 Å². The lowest BCUT2D eigenvalue weighted by Crippen LogP contribution is -2.47. The van der Waals surface area contributed by atoms with E-state index in [4.69, 9.17) is 4.74 Å². The standard InChI is InChI=1S/C13H17NO2/c1-11(14-8-5-9-14)13(15)16-10-12-6-3-2-4-7-12/h2-4,6-7,11H,5,8-10H2,1H3/t11-/m0/s1. The van der Waals surface area contributed by atoms with Crippen LogP contribution in [0.5, 0.6) is 0 Å². The van der Waals surface area contributed by atoms with E-state index in [0.29, 0.717) is 6.61 Å². The molecule has 1 fully saturated rings. The van der Waals surface area contributed by atoms with E-state index in [2.05, 4.69) is 4.90 Å². The number of esters is 1. The van der Waals surface area contributed by atoms with Crippen LogP contribution in [0.1, 0.15) is 18.9 Å². The van der Waals surface area contributed by atoms with Crippen molar-refractivity contribution in [3.8, 4) is 0 Å². The predicted molar refractivity (Wildman–Crippen MR) is 61.9 cm³/mol. The lowest BCUT2D eigenvalue weighted by molar-refractivity contribution is -0.152. The topological polar surface area (TPSA) is 29.5 Å². The molecule has 1 aliphatic rings. The Bertz CT molecular complexity index is 346. The minimum Gasteiger partial charge on any atom is -0.460 e. The molecule has 1 aliphatic heterocycles. The Hall–Kier alpha value is -1.35. The zero-order valence-electron chi connectivity index (χ0n) is 9.56. The van der Waals surface area contributed by atoms with Gasteiger partial charge in [-0.05, 0) is 18.9 Å². The molecule has 2 rings (SSSR count). The van der Waals surface area contributed by atoms with Crippen LogP contribution in [0.2, 0.25) is 0 Å². The molecule has 0 aliphatic carbocycles. The zero-order valence-corrected chi connectivity index (χ0v) is 9.56. The normalized spacial score (nSPS) is 17.6. The molecule has 0 aromatic heterocycles. The summed E-state index contributed by atoms with van der Waals surface area (Å²) < 4.78 is 5.27. The van der Waals surface area contributed by atoms with Crippen molar-refractivity contribution >= 4 is 5.97 Å². The quantitative estimate of drug-likeness (QED) is 0.723. The van der Waals surface area contributed by atoms with Crippen LogP contribution in [0.25, 0.3) is 0 Å². The van der Waals surface area contributed by atoms with Crippen molar-refractivity contribution < 1.29 is 9.53 Å². The summed E-state index contributed by atoms with van der Waals surface area (Å²) in [7, 11) is 0. The number of rotatable bonds is 4. The molecule has 0 bridgehead atoms. The van der Waals surface area contributed by atoms with Crippen LogP contribution in [0.3, 0.4) is 0 Å². The highest BCUT2D eigenvalue weighted by atomic mass is 16.5. The van der Waals surface area contributed by atoms with Crippen molar-refractivity contribution in [1.29, 1.82) is 0 Å². The van der Waals surface area contributed by atoms with Gasteiger partial charge in [-0.1, -0.05) is 30.3 Å². The molecule has 1 aromatic rings. The maximum absolute atomic E-state index is 11.7. The molecule has 86 valence electrons. The fourth-order valence-corrected chi connectivity index (χ4v) is 1.73. The molecule has 3 heteroatoms. The first-order valence-corrected chi connectivity index (χ1v) is 5.72. The van der Waals surface area contributed by atoms with Crippen molar-refractivity contribution in [3.63, 3.8) is 0 Å². The van der Waals surface area contributed by atoms with Gasteiger partial charge in [-0.25, -0.2) is 0 Å². The van der Waals surface area contributed by atoms with E-state index in [1.165, 1.54) is 6.42 Å². The third-order valence-electron chi connectivity index (χ3n) is 3.00. The van der Waals surface area contributed by atoms with Crippen molar-refractivity contribution in [2.45, 2.75) is 26.0 Å². The van der Waals surface area contributed by atoms with Gasteiger partial charge in [0.25, 0.3) is 0 Å². The smallest absolute Gasteiger partial charge is 0.323 e. The maximum Gasteiger partial charge on any atom is 0.323 e. The van der Waals surface area contributed by atoms with Crippen LogP contribution >= 0.6 is 0 Å². The van der Waals surface area contributed by atoms with Gasteiger partial charge in [0.15, 0.2) is 0 Å². The first-order valence-electron chi connectivity index (χ1n) is 5.72. The Labute approximate surface area is 96.0 Å². The second-order valence-corrected chi connectivity index (χ2v) is 4.16. The van der Waals surface area contributed by atoms with E-state index in [1.807, 2.05) is 37.3 Å². The van der Waals surface area contributed by atoms with Gasteiger partial charge in [-0.3, -0.25) is 9.69 Å². The average Bonchev–Trinajstić information content (AvgIpc) is 2.25. The number of likely N-dealkylation sites (tertiary alicyclic amines) is 1. The average molecular weight is 219 g/mol. The highest BCUT2D eigenvalue weighted by molar-refractivity contribution is 5.75. The molecule has 16 heavy (non-hydrogen) atoms. The van der Waals surface area contributed by atoms with Crippen molar-refractivity contribution in [3.05, 3.63) is 35.9 Å². The first kappa shape index (κ1) is 11.1. The van der Waals surface area contributed by atoms with Gasteiger partial charge in [0.2, 0.25) is 0 Å². The van der Waals surface area contributed by atoms with Crippen LogP contribution < -0.4 is 0 Å². The van der Waals surface area contributed by atoms with Crippen LogP contribution in [0.15, 0.2) is 30.3 Å². The van der Waals surface area contributed by atoms with Crippen molar-refractivity contribution in [1.82, 2.24) is 4.90 Å². The Morgan fingerprint density at radius 2 is 2.06 bits per heavy atom. The van der Waals surface area contributed by atoms with E-state index in [1.54, 1.807) is 0 Å². The number of carbonyl (C=O) groups is 1. The van der Waals surface area contributed by atoms with Gasteiger partial charge in [0, 0.05) is 13.1 Å².